The third kappa shape index (κ3) is 43.3. The Morgan fingerprint density at radius 2 is 0.833 bits per heavy atom. The van der Waals surface area contributed by atoms with Gasteiger partial charge >= 0.3 is 19.8 Å². The van der Waals surface area contributed by atoms with Gasteiger partial charge in [-0.3, -0.25) is 14.1 Å². The van der Waals surface area contributed by atoms with Gasteiger partial charge in [-0.25, -0.2) is 4.57 Å². The average molecular weight is 785 g/mol. The molecule has 0 aromatic rings. The molecule has 0 aliphatic carbocycles. The standard InChI is InChI=1S/C45H85O8P/c1-3-5-7-9-11-13-15-17-19-21-22-24-26-28-30-32-34-36-38-40-45(47)53-43(42-52-54(48,49)50)41-51-44(46)39-37-35-33-31-29-27-25-23-20-18-16-14-12-10-8-6-4-2/h12,14,18,20,43H,3-11,13,15-17,19,21-42H2,1-2H3,(H2,48,49,50)/b14-12-,20-18-/t43-/m1/s1. The van der Waals surface area contributed by atoms with Gasteiger partial charge in [-0.1, -0.05) is 199 Å². The molecule has 0 aliphatic rings. The molecule has 0 spiro atoms. The highest BCUT2D eigenvalue weighted by molar-refractivity contribution is 7.46. The van der Waals surface area contributed by atoms with Crippen LogP contribution in [0.1, 0.15) is 232 Å². The number of allylic oxidation sites excluding steroid dienone is 4. The Kier molecular flexibility index (Phi) is 40.1. The molecule has 9 heteroatoms. The van der Waals surface area contributed by atoms with Crippen molar-refractivity contribution in [1.29, 1.82) is 0 Å². The van der Waals surface area contributed by atoms with Crippen LogP contribution in [-0.4, -0.2) is 41.0 Å². The van der Waals surface area contributed by atoms with Gasteiger partial charge in [-0.15, -0.1) is 0 Å². The van der Waals surface area contributed by atoms with Gasteiger partial charge in [0, 0.05) is 12.8 Å². The topological polar surface area (TPSA) is 119 Å². The maximum absolute atomic E-state index is 12.4. The average Bonchev–Trinajstić information content (AvgIpc) is 3.14. The minimum absolute atomic E-state index is 0.215. The van der Waals surface area contributed by atoms with Crippen LogP contribution in [0.5, 0.6) is 0 Å². The molecule has 0 amide bonds. The molecular formula is C45H85O8P. The summed E-state index contributed by atoms with van der Waals surface area (Å²) in [6.45, 7) is 3.68. The highest BCUT2D eigenvalue weighted by Gasteiger charge is 2.23. The summed E-state index contributed by atoms with van der Waals surface area (Å²) in [4.78, 5) is 42.9. The van der Waals surface area contributed by atoms with E-state index in [4.69, 9.17) is 19.3 Å². The summed E-state index contributed by atoms with van der Waals surface area (Å²) in [5.41, 5.74) is 0. The van der Waals surface area contributed by atoms with E-state index in [9.17, 15) is 14.2 Å². The Morgan fingerprint density at radius 3 is 1.26 bits per heavy atom. The van der Waals surface area contributed by atoms with Crippen molar-refractivity contribution in [2.75, 3.05) is 13.2 Å². The molecule has 0 bridgehead atoms. The number of phosphoric ester groups is 1. The fourth-order valence-corrected chi connectivity index (χ4v) is 6.94. The third-order valence-electron chi connectivity index (χ3n) is 9.97. The minimum Gasteiger partial charge on any atom is -0.462 e. The van der Waals surface area contributed by atoms with E-state index in [2.05, 4.69) is 42.7 Å². The summed E-state index contributed by atoms with van der Waals surface area (Å²) in [6, 6.07) is 0. The summed E-state index contributed by atoms with van der Waals surface area (Å²) in [5.74, 6) is -0.882. The summed E-state index contributed by atoms with van der Waals surface area (Å²) < 4.78 is 26.4. The fraction of sp³-hybridized carbons (Fsp3) is 0.867. The zero-order valence-corrected chi connectivity index (χ0v) is 36.0. The number of rotatable bonds is 42. The number of esters is 2. The highest BCUT2D eigenvalue weighted by atomic mass is 31.2. The van der Waals surface area contributed by atoms with Crippen LogP contribution in [0.2, 0.25) is 0 Å². The van der Waals surface area contributed by atoms with Crippen LogP contribution in [0, 0.1) is 0 Å². The van der Waals surface area contributed by atoms with Crippen LogP contribution >= 0.6 is 7.82 Å². The highest BCUT2D eigenvalue weighted by Crippen LogP contribution is 2.36. The number of phosphoric acid groups is 1. The van der Waals surface area contributed by atoms with Gasteiger partial charge in [0.15, 0.2) is 6.10 Å². The van der Waals surface area contributed by atoms with E-state index in [0.29, 0.717) is 6.42 Å². The predicted molar refractivity (Wildman–Crippen MR) is 225 cm³/mol. The summed E-state index contributed by atoms with van der Waals surface area (Å²) in [7, 11) is -4.75. The van der Waals surface area contributed by atoms with Gasteiger partial charge < -0.3 is 19.3 Å². The Labute approximate surface area is 332 Å². The summed E-state index contributed by atoms with van der Waals surface area (Å²) in [5, 5.41) is 0. The van der Waals surface area contributed by atoms with E-state index in [1.54, 1.807) is 0 Å². The molecule has 318 valence electrons. The third-order valence-corrected chi connectivity index (χ3v) is 10.5. The van der Waals surface area contributed by atoms with Gasteiger partial charge in [0.25, 0.3) is 0 Å². The van der Waals surface area contributed by atoms with E-state index in [1.807, 2.05) is 0 Å². The lowest BCUT2D eigenvalue weighted by molar-refractivity contribution is -0.161. The zero-order valence-electron chi connectivity index (χ0n) is 35.1. The first-order chi connectivity index (χ1) is 26.3. The van der Waals surface area contributed by atoms with Crippen molar-refractivity contribution in [3.63, 3.8) is 0 Å². The first-order valence-corrected chi connectivity index (χ1v) is 24.2. The van der Waals surface area contributed by atoms with Gasteiger partial charge in [0.05, 0.1) is 6.61 Å². The van der Waals surface area contributed by atoms with Crippen LogP contribution in [0.25, 0.3) is 0 Å². The van der Waals surface area contributed by atoms with Crippen LogP contribution in [0.4, 0.5) is 0 Å². The maximum atomic E-state index is 12.4. The second kappa shape index (κ2) is 41.2. The number of unbranched alkanes of at least 4 members (excludes halogenated alkanes) is 28. The molecule has 2 N–H and O–H groups in total. The van der Waals surface area contributed by atoms with Crippen molar-refractivity contribution in [2.24, 2.45) is 0 Å². The van der Waals surface area contributed by atoms with E-state index >= 15 is 0 Å². The van der Waals surface area contributed by atoms with Gasteiger partial charge in [0.1, 0.15) is 6.61 Å². The zero-order chi connectivity index (χ0) is 39.6. The van der Waals surface area contributed by atoms with Crippen LogP contribution < -0.4 is 0 Å². The van der Waals surface area contributed by atoms with Crippen LogP contribution in [0.15, 0.2) is 24.3 Å². The molecular weight excluding hydrogens is 699 g/mol. The van der Waals surface area contributed by atoms with Gasteiger partial charge in [-0.05, 0) is 44.9 Å². The van der Waals surface area contributed by atoms with Crippen molar-refractivity contribution in [3.8, 4) is 0 Å². The second-order valence-electron chi connectivity index (χ2n) is 15.4. The van der Waals surface area contributed by atoms with E-state index in [1.165, 1.54) is 141 Å². The molecule has 0 unspecified atom stereocenters. The lowest BCUT2D eigenvalue weighted by atomic mass is 10.0. The van der Waals surface area contributed by atoms with Crippen molar-refractivity contribution in [3.05, 3.63) is 24.3 Å². The molecule has 0 fully saturated rings. The Hall–Kier alpha value is -1.47. The SMILES string of the molecule is CCCCC/C=C\C/C=C\CCCCCCCCCC(=O)OC[C@H](COP(=O)(O)O)OC(=O)CCCCCCCCCCCCCCCCCCCCC. The molecule has 0 aliphatic heterocycles. The summed E-state index contributed by atoms with van der Waals surface area (Å²) >= 11 is 0. The Bertz CT molecular complexity index is 931. The maximum Gasteiger partial charge on any atom is 0.469 e. The molecule has 0 aromatic carbocycles. The summed E-state index contributed by atoms with van der Waals surface area (Å²) in [6.07, 6.45) is 47.5. The molecule has 8 nitrogen and oxygen atoms in total. The quantitative estimate of drug-likeness (QED) is 0.0272. The van der Waals surface area contributed by atoms with Crippen molar-refractivity contribution >= 4 is 19.8 Å². The molecule has 0 rings (SSSR count). The number of carbonyl (C=O) groups is 2. The van der Waals surface area contributed by atoms with Crippen LogP contribution in [-0.2, 0) is 28.2 Å². The molecule has 0 heterocycles. The molecule has 0 saturated carbocycles. The molecule has 0 radical (unpaired) electrons. The normalized spacial score (nSPS) is 12.6. The Balaban J connectivity index is 3.86. The van der Waals surface area contributed by atoms with E-state index in [-0.39, 0.29) is 19.4 Å². The smallest absolute Gasteiger partial charge is 0.462 e. The van der Waals surface area contributed by atoms with E-state index < -0.39 is 32.5 Å². The monoisotopic (exact) mass is 785 g/mol. The van der Waals surface area contributed by atoms with Crippen LogP contribution in [0.3, 0.4) is 0 Å². The first-order valence-electron chi connectivity index (χ1n) is 22.6. The van der Waals surface area contributed by atoms with Gasteiger partial charge in [0.2, 0.25) is 0 Å². The number of carbonyl (C=O) groups excluding carboxylic acids is 2. The van der Waals surface area contributed by atoms with Crippen molar-refractivity contribution in [2.45, 2.75) is 238 Å². The van der Waals surface area contributed by atoms with Crippen molar-refractivity contribution in [1.82, 2.24) is 0 Å². The largest absolute Gasteiger partial charge is 0.469 e. The minimum atomic E-state index is -4.75. The predicted octanol–water partition coefficient (Wildman–Crippen LogP) is 14.0. The second-order valence-corrected chi connectivity index (χ2v) is 16.6. The number of ether oxygens (including phenoxy) is 2. The lowest BCUT2D eigenvalue weighted by Gasteiger charge is -2.18. The van der Waals surface area contributed by atoms with Gasteiger partial charge in [-0.2, -0.15) is 0 Å². The Morgan fingerprint density at radius 1 is 0.481 bits per heavy atom. The molecule has 54 heavy (non-hydrogen) atoms. The lowest BCUT2D eigenvalue weighted by Crippen LogP contribution is -2.29. The van der Waals surface area contributed by atoms with Crippen molar-refractivity contribution < 1.29 is 37.9 Å². The molecule has 0 aromatic heterocycles. The molecule has 1 atom stereocenters. The molecule has 0 saturated heterocycles. The fourth-order valence-electron chi connectivity index (χ4n) is 6.58. The van der Waals surface area contributed by atoms with E-state index in [0.717, 1.165) is 57.8 Å². The number of hydrogen-bond acceptors (Lipinski definition) is 6. The first kappa shape index (κ1) is 52.5. The number of hydrogen-bond donors (Lipinski definition) is 2.